The summed E-state index contributed by atoms with van der Waals surface area (Å²) in [6.07, 6.45) is 0.000771. The summed E-state index contributed by atoms with van der Waals surface area (Å²) in [7, 11) is 0. The Hall–Kier alpha value is -4.48. The number of alkyl halides is 5. The van der Waals surface area contributed by atoms with E-state index in [4.69, 9.17) is 0 Å². The van der Waals surface area contributed by atoms with Crippen molar-refractivity contribution in [2.45, 2.75) is 50.4 Å². The first-order valence-corrected chi connectivity index (χ1v) is 11.3. The Morgan fingerprint density at radius 1 is 1.13 bits per heavy atom. The molecule has 1 N–H and O–H groups in total. The van der Waals surface area contributed by atoms with Crippen LogP contribution in [-0.4, -0.2) is 41.3 Å². The number of nitriles is 1. The average Bonchev–Trinajstić information content (AvgIpc) is 3.22. The molecule has 0 saturated heterocycles. The van der Waals surface area contributed by atoms with E-state index in [1.807, 2.05) is 6.07 Å². The van der Waals surface area contributed by atoms with Gasteiger partial charge < -0.3 is 9.72 Å². The Labute approximate surface area is 210 Å². The molecule has 4 heterocycles. The Kier molecular flexibility index (Phi) is 6.25. The topological polar surface area (TPSA) is 135 Å². The quantitative estimate of drug-likeness (QED) is 0.367. The van der Waals surface area contributed by atoms with Gasteiger partial charge in [-0.15, -0.1) is 0 Å². The van der Waals surface area contributed by atoms with Gasteiger partial charge in [-0.05, 0) is 31.4 Å². The lowest BCUT2D eigenvalue weighted by Gasteiger charge is -2.34. The summed E-state index contributed by atoms with van der Waals surface area (Å²) in [5.41, 5.74) is -1.40. The molecule has 0 radical (unpaired) electrons. The molecule has 0 spiro atoms. The van der Waals surface area contributed by atoms with E-state index in [9.17, 15) is 32.0 Å². The van der Waals surface area contributed by atoms with Gasteiger partial charge in [0, 0.05) is 18.0 Å². The van der Waals surface area contributed by atoms with Crippen LogP contribution in [0.2, 0.25) is 0 Å². The third-order valence-corrected chi connectivity index (χ3v) is 6.44. The number of nitrogens with one attached hydrogen (secondary N) is 1. The van der Waals surface area contributed by atoms with Crippen molar-refractivity contribution in [3.05, 3.63) is 69.7 Å². The first-order chi connectivity index (χ1) is 18.1. The number of rotatable bonds is 6. The number of pyridine rings is 1. The highest BCUT2D eigenvalue weighted by molar-refractivity contribution is 5.80. The zero-order chi connectivity index (χ0) is 27.2. The van der Waals surface area contributed by atoms with Crippen LogP contribution in [0.25, 0.3) is 11.0 Å². The largest absolute Gasteiger partial charge is 0.433 e. The van der Waals surface area contributed by atoms with Crippen LogP contribution < -0.4 is 10.3 Å². The van der Waals surface area contributed by atoms with Gasteiger partial charge in [0.2, 0.25) is 0 Å². The molecule has 15 heteroatoms. The van der Waals surface area contributed by atoms with Crippen LogP contribution in [0, 0.1) is 11.3 Å². The minimum absolute atomic E-state index is 0.0522. The maximum atomic E-state index is 13.0. The Bertz CT molecular complexity index is 1580. The highest BCUT2D eigenvalue weighted by atomic mass is 19.4. The van der Waals surface area contributed by atoms with E-state index in [0.717, 1.165) is 24.7 Å². The molecule has 1 aliphatic carbocycles. The number of aromatic nitrogens is 7. The molecular formula is C23H17F5N8O2. The number of hydrogen-bond donors (Lipinski definition) is 1. The molecular weight excluding hydrogens is 515 g/mol. The van der Waals surface area contributed by atoms with Crippen LogP contribution in [-0.2, 0) is 6.18 Å². The number of halogens is 5. The normalized spacial score (nSPS) is 18.3. The van der Waals surface area contributed by atoms with Crippen LogP contribution in [0.4, 0.5) is 22.0 Å². The number of aromatic amines is 1. The predicted octanol–water partition coefficient (Wildman–Crippen LogP) is 4.07. The number of nitrogens with zero attached hydrogens (tertiary/aromatic N) is 7. The van der Waals surface area contributed by atoms with Crippen molar-refractivity contribution in [2.75, 3.05) is 0 Å². The second-order valence-corrected chi connectivity index (χ2v) is 8.65. The van der Waals surface area contributed by atoms with E-state index >= 15 is 0 Å². The van der Waals surface area contributed by atoms with Gasteiger partial charge in [-0.25, -0.2) is 19.6 Å². The molecule has 0 unspecified atom stereocenters. The number of fused-ring (bicyclic) bond motifs is 1. The minimum Gasteiger partial charge on any atom is -0.432 e. The molecule has 196 valence electrons. The number of ether oxygens (including phenoxy) is 1. The van der Waals surface area contributed by atoms with Gasteiger partial charge in [0.25, 0.3) is 5.56 Å². The van der Waals surface area contributed by atoms with Crippen LogP contribution in [0.5, 0.6) is 5.75 Å². The van der Waals surface area contributed by atoms with Crippen molar-refractivity contribution in [1.29, 1.82) is 5.26 Å². The monoisotopic (exact) mass is 532 g/mol. The molecule has 0 bridgehead atoms. The van der Waals surface area contributed by atoms with Crippen LogP contribution in [0.3, 0.4) is 0 Å². The fourth-order valence-corrected chi connectivity index (χ4v) is 4.37. The van der Waals surface area contributed by atoms with Crippen molar-refractivity contribution in [1.82, 2.24) is 34.7 Å². The Morgan fingerprint density at radius 2 is 1.84 bits per heavy atom. The Morgan fingerprint density at radius 3 is 2.39 bits per heavy atom. The van der Waals surface area contributed by atoms with Gasteiger partial charge in [0.1, 0.15) is 28.8 Å². The lowest BCUT2D eigenvalue weighted by molar-refractivity contribution is -0.141. The molecule has 0 aromatic carbocycles. The summed E-state index contributed by atoms with van der Waals surface area (Å²) >= 11 is 0. The molecule has 1 aliphatic rings. The zero-order valence-electron chi connectivity index (χ0n) is 19.4. The fraction of sp³-hybridized carbons (Fsp3) is 0.348. The summed E-state index contributed by atoms with van der Waals surface area (Å²) in [6.45, 7) is -1.38. The highest BCUT2D eigenvalue weighted by Crippen LogP contribution is 2.47. The van der Waals surface area contributed by atoms with Gasteiger partial charge in [0.05, 0.1) is 18.4 Å². The van der Waals surface area contributed by atoms with Gasteiger partial charge >= 0.3 is 12.8 Å². The zero-order valence-corrected chi connectivity index (χ0v) is 19.4. The maximum absolute atomic E-state index is 13.0. The number of hydrogen-bond acceptors (Lipinski definition) is 8. The first-order valence-electron chi connectivity index (χ1n) is 11.3. The van der Waals surface area contributed by atoms with Crippen molar-refractivity contribution in [2.24, 2.45) is 0 Å². The molecule has 1 fully saturated rings. The smallest absolute Gasteiger partial charge is 0.432 e. The van der Waals surface area contributed by atoms with Crippen LogP contribution in [0.15, 0.2) is 35.5 Å². The van der Waals surface area contributed by atoms with E-state index in [2.05, 4.69) is 34.8 Å². The predicted molar refractivity (Wildman–Crippen MR) is 119 cm³/mol. The van der Waals surface area contributed by atoms with Gasteiger partial charge in [-0.3, -0.25) is 9.78 Å². The molecule has 5 rings (SSSR count). The van der Waals surface area contributed by atoms with E-state index < -0.39 is 30.1 Å². The molecule has 4 aromatic rings. The molecule has 4 aromatic heterocycles. The summed E-state index contributed by atoms with van der Waals surface area (Å²) in [4.78, 5) is 31.9. The molecule has 0 aliphatic heterocycles. The van der Waals surface area contributed by atoms with Crippen molar-refractivity contribution in [3.8, 4) is 11.8 Å². The molecule has 3 atom stereocenters. The summed E-state index contributed by atoms with van der Waals surface area (Å²) in [5.74, 6) is -0.114. The molecule has 0 amide bonds. The van der Waals surface area contributed by atoms with E-state index in [-0.39, 0.29) is 34.3 Å². The van der Waals surface area contributed by atoms with Crippen LogP contribution >= 0.6 is 0 Å². The SMILES string of the molecule is C[C@@H](c1ccc(C(F)(F)F)nc1)n1nc(C#N)c2c(=O)[nH]c([C@H]3CC[C@@H]3c3ncc(OC(F)F)cn3)nc21. The van der Waals surface area contributed by atoms with Crippen molar-refractivity contribution < 1.29 is 26.7 Å². The Balaban J connectivity index is 1.50. The van der Waals surface area contributed by atoms with Gasteiger partial charge in [0.15, 0.2) is 17.1 Å². The molecule has 38 heavy (non-hydrogen) atoms. The van der Waals surface area contributed by atoms with E-state index in [0.29, 0.717) is 30.1 Å². The maximum Gasteiger partial charge on any atom is 0.433 e. The average molecular weight is 532 g/mol. The number of H-pyrrole nitrogens is 1. The lowest BCUT2D eigenvalue weighted by Crippen LogP contribution is -2.28. The van der Waals surface area contributed by atoms with Gasteiger partial charge in [-0.1, -0.05) is 6.07 Å². The lowest BCUT2D eigenvalue weighted by atomic mass is 9.72. The van der Waals surface area contributed by atoms with E-state index in [1.54, 1.807) is 6.92 Å². The van der Waals surface area contributed by atoms with Gasteiger partial charge in [-0.2, -0.15) is 32.3 Å². The second kappa shape index (κ2) is 9.43. The molecule has 10 nitrogen and oxygen atoms in total. The molecule has 1 saturated carbocycles. The van der Waals surface area contributed by atoms with Crippen molar-refractivity contribution >= 4 is 11.0 Å². The van der Waals surface area contributed by atoms with Crippen LogP contribution in [0.1, 0.15) is 66.2 Å². The second-order valence-electron chi connectivity index (χ2n) is 8.65. The third-order valence-electron chi connectivity index (χ3n) is 6.44. The fourth-order valence-electron chi connectivity index (χ4n) is 4.37. The third kappa shape index (κ3) is 4.53. The minimum atomic E-state index is -4.60. The standard InChI is InChI=1S/C23H17F5N8O2/c1-10(11-2-5-16(30-7-11)23(26,27)28)36-20-17(15(6-29)35-36)21(37)34-19(33-20)14-4-3-13(14)18-31-8-12(9-32-18)38-22(24)25/h2,5,7-10,13-14,22H,3-4H2,1H3,(H,33,34,37)/t10-,13-,14-/m0/s1. The summed E-state index contributed by atoms with van der Waals surface area (Å²) in [6, 6.07) is 3.23. The first kappa shape index (κ1) is 25.2. The summed E-state index contributed by atoms with van der Waals surface area (Å²) < 4.78 is 69.1. The van der Waals surface area contributed by atoms with Crippen molar-refractivity contribution in [3.63, 3.8) is 0 Å². The summed E-state index contributed by atoms with van der Waals surface area (Å²) in [5, 5.41) is 13.7. The van der Waals surface area contributed by atoms with E-state index in [1.165, 1.54) is 10.7 Å². The highest BCUT2D eigenvalue weighted by Gasteiger charge is 2.38.